The Hall–Kier alpha value is -1.55. The summed E-state index contributed by atoms with van der Waals surface area (Å²) in [6.07, 6.45) is 1.92. The third kappa shape index (κ3) is 3.23. The molecule has 1 aliphatic rings. The van der Waals surface area contributed by atoms with E-state index in [-0.39, 0.29) is 11.9 Å². The highest BCUT2D eigenvalue weighted by molar-refractivity contribution is 5.97. The molecule has 1 amide bonds. The molecule has 1 atom stereocenters. The second-order valence-corrected chi connectivity index (χ2v) is 4.51. The number of hydrogen-bond acceptors (Lipinski definition) is 3. The summed E-state index contributed by atoms with van der Waals surface area (Å²) in [6, 6.07) is 7.64. The second kappa shape index (κ2) is 6.40. The van der Waals surface area contributed by atoms with E-state index in [4.69, 9.17) is 4.74 Å². The SMILES string of the molecule is CCCOc1ccccc1C(=O)N[C@H]1CCNC1. The first-order valence-electron chi connectivity index (χ1n) is 6.54. The fraction of sp³-hybridized carbons (Fsp3) is 0.500. The van der Waals surface area contributed by atoms with Crippen LogP contribution in [0.3, 0.4) is 0 Å². The number of ether oxygens (including phenoxy) is 1. The van der Waals surface area contributed by atoms with Gasteiger partial charge < -0.3 is 15.4 Å². The third-order valence-corrected chi connectivity index (χ3v) is 2.99. The molecule has 4 heteroatoms. The van der Waals surface area contributed by atoms with E-state index in [9.17, 15) is 4.79 Å². The van der Waals surface area contributed by atoms with Gasteiger partial charge in [0.25, 0.3) is 5.91 Å². The predicted molar refractivity (Wildman–Crippen MR) is 71.0 cm³/mol. The summed E-state index contributed by atoms with van der Waals surface area (Å²) in [5.41, 5.74) is 0.623. The van der Waals surface area contributed by atoms with Crippen LogP contribution < -0.4 is 15.4 Å². The van der Waals surface area contributed by atoms with Gasteiger partial charge >= 0.3 is 0 Å². The minimum absolute atomic E-state index is 0.0459. The van der Waals surface area contributed by atoms with E-state index >= 15 is 0 Å². The van der Waals surface area contributed by atoms with Crippen molar-refractivity contribution in [1.82, 2.24) is 10.6 Å². The Morgan fingerprint density at radius 3 is 3.06 bits per heavy atom. The molecule has 2 N–H and O–H groups in total. The number of hydrogen-bond donors (Lipinski definition) is 2. The zero-order chi connectivity index (χ0) is 12.8. The predicted octanol–water partition coefficient (Wildman–Crippen LogP) is 1.57. The monoisotopic (exact) mass is 248 g/mol. The number of nitrogens with one attached hydrogen (secondary N) is 2. The van der Waals surface area contributed by atoms with E-state index < -0.39 is 0 Å². The van der Waals surface area contributed by atoms with Crippen molar-refractivity contribution in [1.29, 1.82) is 0 Å². The molecule has 98 valence electrons. The molecular formula is C14H20N2O2. The van der Waals surface area contributed by atoms with Gasteiger partial charge in [0.1, 0.15) is 5.75 Å². The van der Waals surface area contributed by atoms with Gasteiger partial charge in [0.2, 0.25) is 0 Å². The molecule has 1 heterocycles. The van der Waals surface area contributed by atoms with Gasteiger partial charge in [-0.1, -0.05) is 19.1 Å². The molecule has 4 nitrogen and oxygen atoms in total. The Kier molecular flexibility index (Phi) is 4.59. The zero-order valence-corrected chi connectivity index (χ0v) is 10.7. The smallest absolute Gasteiger partial charge is 0.255 e. The van der Waals surface area contributed by atoms with Crippen LogP contribution in [0.5, 0.6) is 5.75 Å². The molecule has 2 rings (SSSR count). The van der Waals surface area contributed by atoms with E-state index in [1.54, 1.807) is 0 Å². The summed E-state index contributed by atoms with van der Waals surface area (Å²) in [5.74, 6) is 0.623. The number of amides is 1. The molecule has 1 aromatic carbocycles. The lowest BCUT2D eigenvalue weighted by molar-refractivity contribution is 0.0936. The maximum atomic E-state index is 12.2. The Bertz CT molecular complexity index is 401. The van der Waals surface area contributed by atoms with Crippen molar-refractivity contribution >= 4 is 5.91 Å². The van der Waals surface area contributed by atoms with Crippen LogP contribution in [0.2, 0.25) is 0 Å². The van der Waals surface area contributed by atoms with Crippen LogP contribution in [0.1, 0.15) is 30.1 Å². The van der Waals surface area contributed by atoms with Gasteiger partial charge in [-0.2, -0.15) is 0 Å². The zero-order valence-electron chi connectivity index (χ0n) is 10.7. The summed E-state index contributed by atoms with van der Waals surface area (Å²) in [4.78, 5) is 12.2. The van der Waals surface area contributed by atoms with E-state index in [0.717, 1.165) is 25.9 Å². The molecular weight excluding hydrogens is 228 g/mol. The number of carbonyl (C=O) groups excluding carboxylic acids is 1. The number of rotatable bonds is 5. The molecule has 0 saturated carbocycles. The summed E-state index contributed by atoms with van der Waals surface area (Å²) in [5, 5.41) is 6.26. The van der Waals surface area contributed by atoms with E-state index in [1.807, 2.05) is 31.2 Å². The molecule has 0 aromatic heterocycles. The average molecular weight is 248 g/mol. The standard InChI is InChI=1S/C14H20N2O2/c1-2-9-18-13-6-4-3-5-12(13)14(17)16-11-7-8-15-10-11/h3-6,11,15H,2,7-10H2,1H3,(H,16,17)/t11-/m0/s1. The number of carbonyl (C=O) groups is 1. The van der Waals surface area contributed by atoms with Crippen LogP contribution in [0.15, 0.2) is 24.3 Å². The first-order valence-corrected chi connectivity index (χ1v) is 6.54. The van der Waals surface area contributed by atoms with E-state index in [2.05, 4.69) is 10.6 Å². The van der Waals surface area contributed by atoms with Crippen LogP contribution in [0.25, 0.3) is 0 Å². The highest BCUT2D eigenvalue weighted by Gasteiger charge is 2.19. The average Bonchev–Trinajstić information content (AvgIpc) is 2.89. The van der Waals surface area contributed by atoms with Crippen molar-refractivity contribution < 1.29 is 9.53 Å². The lowest BCUT2D eigenvalue weighted by Gasteiger charge is -2.14. The number of para-hydroxylation sites is 1. The van der Waals surface area contributed by atoms with Gasteiger partial charge in [0.15, 0.2) is 0 Å². The van der Waals surface area contributed by atoms with Crippen molar-refractivity contribution in [3.63, 3.8) is 0 Å². The molecule has 1 aromatic rings. The molecule has 0 radical (unpaired) electrons. The lowest BCUT2D eigenvalue weighted by atomic mass is 10.1. The Balaban J connectivity index is 2.03. The molecule has 0 aliphatic carbocycles. The Morgan fingerprint density at radius 2 is 2.33 bits per heavy atom. The van der Waals surface area contributed by atoms with Crippen LogP contribution >= 0.6 is 0 Å². The number of benzene rings is 1. The molecule has 0 spiro atoms. The Labute approximate surface area is 108 Å². The largest absolute Gasteiger partial charge is 0.493 e. The first-order chi connectivity index (χ1) is 8.81. The molecule has 1 fully saturated rings. The van der Waals surface area contributed by atoms with Crippen molar-refractivity contribution in [3.8, 4) is 5.75 Å². The maximum absolute atomic E-state index is 12.2. The molecule has 18 heavy (non-hydrogen) atoms. The van der Waals surface area contributed by atoms with E-state index in [1.165, 1.54) is 0 Å². The van der Waals surface area contributed by atoms with Crippen LogP contribution in [0, 0.1) is 0 Å². The van der Waals surface area contributed by atoms with E-state index in [0.29, 0.717) is 17.9 Å². The summed E-state index contributed by atoms with van der Waals surface area (Å²) >= 11 is 0. The van der Waals surface area contributed by atoms with Gasteiger partial charge in [0.05, 0.1) is 12.2 Å². The van der Waals surface area contributed by atoms with Crippen molar-refractivity contribution in [3.05, 3.63) is 29.8 Å². The highest BCUT2D eigenvalue weighted by Crippen LogP contribution is 2.18. The van der Waals surface area contributed by atoms with Gasteiger partial charge in [-0.05, 0) is 31.5 Å². The second-order valence-electron chi connectivity index (χ2n) is 4.51. The van der Waals surface area contributed by atoms with Crippen molar-refractivity contribution in [2.75, 3.05) is 19.7 Å². The molecule has 0 unspecified atom stereocenters. The quantitative estimate of drug-likeness (QED) is 0.831. The van der Waals surface area contributed by atoms with Crippen molar-refractivity contribution in [2.45, 2.75) is 25.8 Å². The molecule has 1 saturated heterocycles. The molecule has 1 aliphatic heterocycles. The lowest BCUT2D eigenvalue weighted by Crippen LogP contribution is -2.36. The van der Waals surface area contributed by atoms with Gasteiger partial charge in [0, 0.05) is 12.6 Å². The van der Waals surface area contributed by atoms with Gasteiger partial charge in [-0.25, -0.2) is 0 Å². The third-order valence-electron chi connectivity index (χ3n) is 2.99. The summed E-state index contributed by atoms with van der Waals surface area (Å²) in [6.45, 7) is 4.50. The van der Waals surface area contributed by atoms with Gasteiger partial charge in [-0.3, -0.25) is 4.79 Å². The first kappa shape index (κ1) is 12.9. The van der Waals surface area contributed by atoms with Gasteiger partial charge in [-0.15, -0.1) is 0 Å². The van der Waals surface area contributed by atoms with Crippen molar-refractivity contribution in [2.24, 2.45) is 0 Å². The molecule has 0 bridgehead atoms. The normalized spacial score (nSPS) is 18.6. The minimum atomic E-state index is -0.0459. The topological polar surface area (TPSA) is 50.4 Å². The highest BCUT2D eigenvalue weighted by atomic mass is 16.5. The Morgan fingerprint density at radius 1 is 1.50 bits per heavy atom. The minimum Gasteiger partial charge on any atom is -0.493 e. The fourth-order valence-electron chi connectivity index (χ4n) is 2.03. The maximum Gasteiger partial charge on any atom is 0.255 e. The van der Waals surface area contributed by atoms with Crippen LogP contribution in [-0.2, 0) is 0 Å². The van der Waals surface area contributed by atoms with Crippen LogP contribution in [0.4, 0.5) is 0 Å². The fourth-order valence-corrected chi connectivity index (χ4v) is 2.03. The summed E-state index contributed by atoms with van der Waals surface area (Å²) in [7, 11) is 0. The summed E-state index contributed by atoms with van der Waals surface area (Å²) < 4.78 is 5.60. The van der Waals surface area contributed by atoms with Crippen LogP contribution in [-0.4, -0.2) is 31.6 Å².